The number of anilines is 1. The van der Waals surface area contributed by atoms with E-state index in [-0.39, 0.29) is 0 Å². The number of carbonyl (C=O) groups is 1. The van der Waals surface area contributed by atoms with Gasteiger partial charge in [-0.3, -0.25) is 9.78 Å². The SMILES string of the molecule is CNc1cc(C)nc(-c2ccccc2C(N)=O)c1. The monoisotopic (exact) mass is 241 g/mol. The molecule has 0 aliphatic rings. The Labute approximate surface area is 106 Å². The Bertz CT molecular complexity index is 593. The standard InChI is InChI=1S/C14H15N3O/c1-9-7-10(16-2)8-13(17-9)11-5-3-4-6-12(11)14(15)18/h3-8H,1-2H3,(H2,15,18)(H,16,17). The highest BCUT2D eigenvalue weighted by atomic mass is 16.1. The second-order valence-corrected chi connectivity index (χ2v) is 4.04. The summed E-state index contributed by atoms with van der Waals surface area (Å²) in [5.41, 5.74) is 9.20. The number of pyridine rings is 1. The number of hydrogen-bond donors (Lipinski definition) is 2. The van der Waals surface area contributed by atoms with Crippen LogP contribution in [0.3, 0.4) is 0 Å². The van der Waals surface area contributed by atoms with Gasteiger partial charge in [0.15, 0.2) is 0 Å². The minimum absolute atomic E-state index is 0.445. The molecule has 92 valence electrons. The van der Waals surface area contributed by atoms with Crippen molar-refractivity contribution in [3.63, 3.8) is 0 Å². The van der Waals surface area contributed by atoms with Crippen LogP contribution in [0.1, 0.15) is 16.1 Å². The number of aromatic nitrogens is 1. The van der Waals surface area contributed by atoms with Crippen molar-refractivity contribution >= 4 is 11.6 Å². The van der Waals surface area contributed by atoms with E-state index in [1.165, 1.54) is 0 Å². The van der Waals surface area contributed by atoms with Gasteiger partial charge in [-0.1, -0.05) is 18.2 Å². The third kappa shape index (κ3) is 2.32. The number of benzene rings is 1. The van der Waals surface area contributed by atoms with Crippen molar-refractivity contribution in [1.82, 2.24) is 4.98 Å². The Kier molecular flexibility index (Phi) is 3.28. The van der Waals surface area contributed by atoms with Gasteiger partial charge in [-0.15, -0.1) is 0 Å². The predicted molar refractivity (Wildman–Crippen MR) is 72.5 cm³/mol. The van der Waals surface area contributed by atoms with Crippen LogP contribution in [0, 0.1) is 6.92 Å². The molecule has 1 heterocycles. The molecule has 1 aromatic heterocycles. The second kappa shape index (κ2) is 4.87. The second-order valence-electron chi connectivity index (χ2n) is 4.04. The highest BCUT2D eigenvalue weighted by Crippen LogP contribution is 2.24. The molecule has 0 saturated carbocycles. The van der Waals surface area contributed by atoms with Crippen LogP contribution in [0.25, 0.3) is 11.3 Å². The van der Waals surface area contributed by atoms with E-state index in [1.807, 2.05) is 38.2 Å². The maximum absolute atomic E-state index is 11.4. The summed E-state index contributed by atoms with van der Waals surface area (Å²) in [4.78, 5) is 15.9. The van der Waals surface area contributed by atoms with E-state index in [0.717, 1.165) is 22.6 Å². The molecule has 0 atom stereocenters. The number of rotatable bonds is 3. The summed E-state index contributed by atoms with van der Waals surface area (Å²) in [5, 5.41) is 3.07. The van der Waals surface area contributed by atoms with Crippen molar-refractivity contribution in [3.8, 4) is 11.3 Å². The summed E-state index contributed by atoms with van der Waals surface area (Å²) >= 11 is 0. The van der Waals surface area contributed by atoms with E-state index in [0.29, 0.717) is 5.56 Å². The lowest BCUT2D eigenvalue weighted by atomic mass is 10.0. The van der Waals surface area contributed by atoms with Gasteiger partial charge in [0.2, 0.25) is 5.91 Å². The van der Waals surface area contributed by atoms with Crippen molar-refractivity contribution in [2.75, 3.05) is 12.4 Å². The molecule has 1 amide bonds. The van der Waals surface area contributed by atoms with Crippen LogP contribution in [0.15, 0.2) is 36.4 Å². The molecule has 1 aromatic carbocycles. The van der Waals surface area contributed by atoms with E-state index >= 15 is 0 Å². The minimum Gasteiger partial charge on any atom is -0.388 e. The average Bonchev–Trinajstić information content (AvgIpc) is 2.38. The summed E-state index contributed by atoms with van der Waals surface area (Å²) in [6, 6.07) is 11.1. The van der Waals surface area contributed by atoms with Crippen molar-refractivity contribution < 1.29 is 4.79 Å². The number of hydrogen-bond acceptors (Lipinski definition) is 3. The number of primary amides is 1. The lowest BCUT2D eigenvalue weighted by molar-refractivity contribution is 0.100. The molecule has 3 N–H and O–H groups in total. The summed E-state index contributed by atoms with van der Waals surface area (Å²) in [5.74, 6) is -0.445. The van der Waals surface area contributed by atoms with Gasteiger partial charge in [0.05, 0.1) is 5.69 Å². The lowest BCUT2D eigenvalue weighted by Gasteiger charge is -2.09. The third-order valence-electron chi connectivity index (χ3n) is 2.71. The zero-order valence-electron chi connectivity index (χ0n) is 10.4. The Balaban J connectivity index is 2.61. The Morgan fingerprint density at radius 3 is 2.67 bits per heavy atom. The summed E-state index contributed by atoms with van der Waals surface area (Å²) in [6.07, 6.45) is 0. The van der Waals surface area contributed by atoms with Crippen LogP contribution in [-0.2, 0) is 0 Å². The molecule has 2 rings (SSSR count). The van der Waals surface area contributed by atoms with E-state index < -0.39 is 5.91 Å². The first-order valence-corrected chi connectivity index (χ1v) is 5.67. The molecule has 4 nitrogen and oxygen atoms in total. The summed E-state index contributed by atoms with van der Waals surface area (Å²) < 4.78 is 0. The van der Waals surface area contributed by atoms with Gasteiger partial charge in [0.1, 0.15) is 0 Å². The van der Waals surface area contributed by atoms with Crippen LogP contribution in [-0.4, -0.2) is 17.9 Å². The van der Waals surface area contributed by atoms with Crippen LogP contribution in [0.4, 0.5) is 5.69 Å². The van der Waals surface area contributed by atoms with Gasteiger partial charge in [-0.25, -0.2) is 0 Å². The Hall–Kier alpha value is -2.36. The van der Waals surface area contributed by atoms with E-state index in [4.69, 9.17) is 5.73 Å². The molecule has 0 radical (unpaired) electrons. The summed E-state index contributed by atoms with van der Waals surface area (Å²) in [7, 11) is 1.85. The Morgan fingerprint density at radius 1 is 1.28 bits per heavy atom. The molecule has 0 unspecified atom stereocenters. The predicted octanol–water partition coefficient (Wildman–Crippen LogP) is 2.20. The normalized spacial score (nSPS) is 10.1. The zero-order valence-corrected chi connectivity index (χ0v) is 10.4. The quantitative estimate of drug-likeness (QED) is 0.865. The minimum atomic E-state index is -0.445. The third-order valence-corrected chi connectivity index (χ3v) is 2.71. The highest BCUT2D eigenvalue weighted by molar-refractivity contribution is 5.99. The molecule has 4 heteroatoms. The highest BCUT2D eigenvalue weighted by Gasteiger charge is 2.11. The maximum Gasteiger partial charge on any atom is 0.249 e. The van der Waals surface area contributed by atoms with E-state index in [1.54, 1.807) is 12.1 Å². The molecule has 0 saturated heterocycles. The number of carbonyl (C=O) groups excluding carboxylic acids is 1. The van der Waals surface area contributed by atoms with Gasteiger partial charge >= 0.3 is 0 Å². The maximum atomic E-state index is 11.4. The smallest absolute Gasteiger partial charge is 0.249 e. The van der Waals surface area contributed by atoms with Crippen molar-refractivity contribution in [1.29, 1.82) is 0 Å². The number of nitrogens with two attached hydrogens (primary N) is 1. The van der Waals surface area contributed by atoms with Crippen molar-refractivity contribution in [3.05, 3.63) is 47.7 Å². The Morgan fingerprint density at radius 2 is 2.00 bits per heavy atom. The van der Waals surface area contributed by atoms with Gasteiger partial charge in [-0.2, -0.15) is 0 Å². The fourth-order valence-electron chi connectivity index (χ4n) is 1.87. The number of amides is 1. The van der Waals surface area contributed by atoms with Gasteiger partial charge < -0.3 is 11.1 Å². The molecule has 18 heavy (non-hydrogen) atoms. The summed E-state index contributed by atoms with van der Waals surface area (Å²) in [6.45, 7) is 1.91. The molecular formula is C14H15N3O. The van der Waals surface area contributed by atoms with E-state index in [2.05, 4.69) is 10.3 Å². The van der Waals surface area contributed by atoms with Crippen molar-refractivity contribution in [2.45, 2.75) is 6.92 Å². The van der Waals surface area contributed by atoms with Gasteiger partial charge in [0, 0.05) is 29.6 Å². The van der Waals surface area contributed by atoms with Crippen molar-refractivity contribution in [2.24, 2.45) is 5.73 Å². The van der Waals surface area contributed by atoms with Gasteiger partial charge in [-0.05, 0) is 25.1 Å². The zero-order chi connectivity index (χ0) is 13.1. The molecular weight excluding hydrogens is 226 g/mol. The van der Waals surface area contributed by atoms with Gasteiger partial charge in [0.25, 0.3) is 0 Å². The topological polar surface area (TPSA) is 68.0 Å². The van der Waals surface area contributed by atoms with Crippen LogP contribution in [0.5, 0.6) is 0 Å². The number of aryl methyl sites for hydroxylation is 1. The van der Waals surface area contributed by atoms with Crippen LogP contribution < -0.4 is 11.1 Å². The molecule has 0 spiro atoms. The molecule has 0 aliphatic heterocycles. The van der Waals surface area contributed by atoms with Crippen LogP contribution in [0.2, 0.25) is 0 Å². The first kappa shape index (κ1) is 12.1. The molecule has 2 aromatic rings. The van der Waals surface area contributed by atoms with Crippen LogP contribution >= 0.6 is 0 Å². The first-order valence-electron chi connectivity index (χ1n) is 5.67. The fraction of sp³-hybridized carbons (Fsp3) is 0.143. The molecule has 0 bridgehead atoms. The lowest BCUT2D eigenvalue weighted by Crippen LogP contribution is -2.12. The molecule has 0 aliphatic carbocycles. The van der Waals surface area contributed by atoms with E-state index in [9.17, 15) is 4.79 Å². The average molecular weight is 241 g/mol. The largest absolute Gasteiger partial charge is 0.388 e. The fourth-order valence-corrected chi connectivity index (χ4v) is 1.87. The number of nitrogens with one attached hydrogen (secondary N) is 1. The number of nitrogens with zero attached hydrogens (tertiary/aromatic N) is 1. The molecule has 0 fully saturated rings. The first-order chi connectivity index (χ1) is 8.61.